The Hall–Kier alpha value is 0.0600. The molecule has 1 N–H and O–H groups in total. The number of ether oxygens (including phenoxy) is 2. The molecule has 1 aliphatic rings. The maximum atomic E-state index is 5.60. The number of hydrogen-bond donors (Lipinski definition) is 1. The van der Waals surface area contributed by atoms with Gasteiger partial charge in [0.25, 0.3) is 0 Å². The highest BCUT2D eigenvalue weighted by Gasteiger charge is 2.41. The molecule has 5 heteroatoms. The van der Waals surface area contributed by atoms with Gasteiger partial charge in [-0.2, -0.15) is 0 Å². The van der Waals surface area contributed by atoms with Crippen LogP contribution in [0.5, 0.6) is 0 Å². The predicted molar refractivity (Wildman–Crippen MR) is 73.5 cm³/mol. The van der Waals surface area contributed by atoms with Crippen molar-refractivity contribution in [3.63, 3.8) is 0 Å². The van der Waals surface area contributed by atoms with E-state index in [0.717, 1.165) is 24.0 Å². The van der Waals surface area contributed by atoms with Crippen molar-refractivity contribution in [2.75, 3.05) is 13.7 Å². The van der Waals surface area contributed by atoms with Crippen LogP contribution in [-0.2, 0) is 16.0 Å². The van der Waals surface area contributed by atoms with Gasteiger partial charge in [-0.15, -0.1) is 11.3 Å². The van der Waals surface area contributed by atoms with Gasteiger partial charge in [0.1, 0.15) is 0 Å². The summed E-state index contributed by atoms with van der Waals surface area (Å²) in [4.78, 5) is 1.34. The van der Waals surface area contributed by atoms with Gasteiger partial charge in [0.05, 0.1) is 12.2 Å². The van der Waals surface area contributed by atoms with Gasteiger partial charge in [0.2, 0.25) is 0 Å². The number of thiophene rings is 1. The lowest BCUT2D eigenvalue weighted by Crippen LogP contribution is -2.59. The summed E-state index contributed by atoms with van der Waals surface area (Å²) in [7, 11) is 1.76. The summed E-state index contributed by atoms with van der Waals surface area (Å²) >= 11 is 5.23. The summed E-state index contributed by atoms with van der Waals surface area (Å²) in [6.45, 7) is 3.69. The summed E-state index contributed by atoms with van der Waals surface area (Å²) in [5.74, 6) is 0. The molecule has 2 rings (SSSR count). The lowest BCUT2D eigenvalue weighted by atomic mass is 9.85. The van der Waals surface area contributed by atoms with Crippen LogP contribution in [0.25, 0.3) is 0 Å². The van der Waals surface area contributed by atoms with Crippen LogP contribution in [0.4, 0.5) is 0 Å². The van der Waals surface area contributed by atoms with Crippen LogP contribution in [-0.4, -0.2) is 32.0 Å². The Morgan fingerprint density at radius 3 is 3.00 bits per heavy atom. The van der Waals surface area contributed by atoms with Gasteiger partial charge in [-0.05, 0) is 35.3 Å². The molecule has 0 spiro atoms. The minimum absolute atomic E-state index is 0.193. The zero-order valence-corrected chi connectivity index (χ0v) is 12.5. The lowest BCUT2D eigenvalue weighted by Gasteiger charge is -2.43. The molecule has 1 fully saturated rings. The zero-order valence-electron chi connectivity index (χ0n) is 10.1. The second kappa shape index (κ2) is 6.29. The molecule has 3 nitrogen and oxygen atoms in total. The van der Waals surface area contributed by atoms with E-state index in [4.69, 9.17) is 9.47 Å². The van der Waals surface area contributed by atoms with E-state index in [9.17, 15) is 0 Å². The standard InChI is InChI=1S/C12H18BrNO2S/c1-3-16-11-5-10(12(11)15-2)14-6-9-4-8(13)7-17-9/h4,7,10-12,14H,3,5-6H2,1-2H3. The maximum Gasteiger partial charge on any atom is 0.0986 e. The average Bonchev–Trinajstić information content (AvgIpc) is 2.69. The summed E-state index contributed by atoms with van der Waals surface area (Å²) in [5.41, 5.74) is 0. The topological polar surface area (TPSA) is 30.5 Å². The number of hydrogen-bond acceptors (Lipinski definition) is 4. The number of methoxy groups -OCH3 is 1. The highest BCUT2D eigenvalue weighted by molar-refractivity contribution is 9.10. The van der Waals surface area contributed by atoms with Crippen LogP contribution >= 0.6 is 27.3 Å². The molecule has 0 radical (unpaired) electrons. The van der Waals surface area contributed by atoms with Gasteiger partial charge < -0.3 is 14.8 Å². The molecule has 1 heterocycles. The molecule has 0 aromatic carbocycles. The van der Waals surface area contributed by atoms with Crippen molar-refractivity contribution in [2.24, 2.45) is 0 Å². The van der Waals surface area contributed by atoms with E-state index in [-0.39, 0.29) is 12.2 Å². The summed E-state index contributed by atoms with van der Waals surface area (Å²) in [5, 5.41) is 5.63. The van der Waals surface area contributed by atoms with Crippen molar-refractivity contribution in [1.82, 2.24) is 5.32 Å². The Morgan fingerprint density at radius 2 is 2.41 bits per heavy atom. The fourth-order valence-electron chi connectivity index (χ4n) is 2.15. The van der Waals surface area contributed by atoms with Crippen molar-refractivity contribution in [1.29, 1.82) is 0 Å². The molecule has 0 amide bonds. The van der Waals surface area contributed by atoms with Gasteiger partial charge in [0, 0.05) is 41.0 Å². The first-order chi connectivity index (χ1) is 8.24. The van der Waals surface area contributed by atoms with Crippen LogP contribution in [0.2, 0.25) is 0 Å². The first kappa shape index (κ1) is 13.5. The second-order valence-electron chi connectivity index (χ2n) is 4.15. The third-order valence-corrected chi connectivity index (χ3v) is 4.76. The smallest absolute Gasteiger partial charge is 0.0986 e. The maximum absolute atomic E-state index is 5.60. The van der Waals surface area contributed by atoms with Crippen LogP contribution in [0, 0.1) is 0 Å². The molecular formula is C12H18BrNO2S. The first-order valence-electron chi connectivity index (χ1n) is 5.85. The Kier molecular flexibility index (Phi) is 4.99. The quantitative estimate of drug-likeness (QED) is 0.874. The average molecular weight is 320 g/mol. The summed E-state index contributed by atoms with van der Waals surface area (Å²) < 4.78 is 12.2. The van der Waals surface area contributed by atoms with E-state index in [1.807, 2.05) is 6.92 Å². The Labute approximate surface area is 115 Å². The van der Waals surface area contributed by atoms with E-state index in [1.54, 1.807) is 18.4 Å². The number of nitrogens with one attached hydrogen (secondary N) is 1. The minimum atomic E-state index is 0.193. The van der Waals surface area contributed by atoms with Crippen molar-refractivity contribution in [2.45, 2.75) is 38.1 Å². The minimum Gasteiger partial charge on any atom is -0.377 e. The SMILES string of the molecule is CCOC1CC(NCc2cc(Br)cs2)C1OC. The summed E-state index contributed by atoms with van der Waals surface area (Å²) in [6.07, 6.45) is 1.50. The largest absolute Gasteiger partial charge is 0.377 e. The first-order valence-corrected chi connectivity index (χ1v) is 7.52. The van der Waals surface area contributed by atoms with Crippen LogP contribution in [0.3, 0.4) is 0 Å². The molecule has 1 aromatic heterocycles. The highest BCUT2D eigenvalue weighted by atomic mass is 79.9. The fourth-order valence-corrected chi connectivity index (χ4v) is 3.55. The third kappa shape index (κ3) is 3.29. The van der Waals surface area contributed by atoms with Crippen LogP contribution in [0.15, 0.2) is 15.9 Å². The molecule has 1 saturated carbocycles. The van der Waals surface area contributed by atoms with Crippen molar-refractivity contribution in [3.05, 3.63) is 20.8 Å². The van der Waals surface area contributed by atoms with Gasteiger partial charge in [0.15, 0.2) is 0 Å². The third-order valence-electron chi connectivity index (χ3n) is 3.06. The molecule has 0 saturated heterocycles. The molecule has 17 heavy (non-hydrogen) atoms. The Bertz CT molecular complexity index is 358. The van der Waals surface area contributed by atoms with E-state index in [2.05, 4.69) is 32.7 Å². The Morgan fingerprint density at radius 1 is 1.59 bits per heavy atom. The van der Waals surface area contributed by atoms with Crippen molar-refractivity contribution in [3.8, 4) is 0 Å². The highest BCUT2D eigenvalue weighted by Crippen LogP contribution is 2.28. The zero-order chi connectivity index (χ0) is 12.3. The normalized spacial score (nSPS) is 28.1. The molecule has 3 atom stereocenters. The molecule has 96 valence electrons. The number of halogens is 1. The van der Waals surface area contributed by atoms with Gasteiger partial charge in [-0.25, -0.2) is 0 Å². The fraction of sp³-hybridized carbons (Fsp3) is 0.667. The van der Waals surface area contributed by atoms with Gasteiger partial charge in [-0.1, -0.05) is 0 Å². The molecular weight excluding hydrogens is 302 g/mol. The van der Waals surface area contributed by atoms with Crippen molar-refractivity contribution >= 4 is 27.3 Å². The molecule has 1 aromatic rings. The second-order valence-corrected chi connectivity index (χ2v) is 6.06. The van der Waals surface area contributed by atoms with Gasteiger partial charge >= 0.3 is 0 Å². The van der Waals surface area contributed by atoms with Crippen LogP contribution < -0.4 is 5.32 Å². The molecule has 0 bridgehead atoms. The van der Waals surface area contributed by atoms with Crippen molar-refractivity contribution < 1.29 is 9.47 Å². The van der Waals surface area contributed by atoms with Gasteiger partial charge in [-0.3, -0.25) is 0 Å². The summed E-state index contributed by atoms with van der Waals surface area (Å²) in [6, 6.07) is 2.57. The Balaban J connectivity index is 1.77. The molecule has 0 aliphatic heterocycles. The van der Waals surface area contributed by atoms with E-state index >= 15 is 0 Å². The predicted octanol–water partition coefficient (Wildman–Crippen LogP) is 2.79. The molecule has 1 aliphatic carbocycles. The van der Waals surface area contributed by atoms with E-state index < -0.39 is 0 Å². The van der Waals surface area contributed by atoms with E-state index in [1.165, 1.54) is 4.88 Å². The molecule has 3 unspecified atom stereocenters. The number of rotatable bonds is 6. The monoisotopic (exact) mass is 319 g/mol. The van der Waals surface area contributed by atoms with E-state index in [0.29, 0.717) is 6.04 Å². The lowest BCUT2D eigenvalue weighted by molar-refractivity contribution is -0.131. The van der Waals surface area contributed by atoms with Crippen LogP contribution in [0.1, 0.15) is 18.2 Å².